The third-order valence-electron chi connectivity index (χ3n) is 5.66. The fourth-order valence-corrected chi connectivity index (χ4v) is 3.79. The molecule has 0 aromatic heterocycles. The SMILES string of the molecule is CC(C)C(C)NC(=O)C1CCN(C(=O)c2ccccc2Oc2cccc(Br)c2)CC1. The minimum atomic E-state index is -0.0602. The highest BCUT2D eigenvalue weighted by molar-refractivity contribution is 9.10. The van der Waals surface area contributed by atoms with Crippen LogP contribution in [0.1, 0.15) is 44.0 Å². The molecule has 0 saturated carbocycles. The molecule has 2 aromatic carbocycles. The Labute approximate surface area is 186 Å². The van der Waals surface area contributed by atoms with Crippen LogP contribution < -0.4 is 10.1 Å². The van der Waals surface area contributed by atoms with E-state index in [-0.39, 0.29) is 23.8 Å². The van der Waals surface area contributed by atoms with Gasteiger partial charge in [0.05, 0.1) is 5.56 Å². The van der Waals surface area contributed by atoms with Crippen LogP contribution in [0.5, 0.6) is 11.5 Å². The molecule has 1 unspecified atom stereocenters. The molecule has 0 spiro atoms. The van der Waals surface area contributed by atoms with E-state index in [4.69, 9.17) is 4.74 Å². The lowest BCUT2D eigenvalue weighted by Crippen LogP contribution is -2.45. The van der Waals surface area contributed by atoms with Gasteiger partial charge in [-0.2, -0.15) is 0 Å². The number of hydrogen-bond acceptors (Lipinski definition) is 3. The predicted octanol–water partition coefficient (Wildman–Crippen LogP) is 5.25. The number of nitrogens with zero attached hydrogens (tertiary/aromatic N) is 1. The second kappa shape index (κ2) is 10.1. The Morgan fingerprint density at radius 2 is 1.77 bits per heavy atom. The molecule has 30 heavy (non-hydrogen) atoms. The Morgan fingerprint density at radius 3 is 2.43 bits per heavy atom. The Morgan fingerprint density at radius 1 is 1.07 bits per heavy atom. The van der Waals surface area contributed by atoms with E-state index >= 15 is 0 Å². The first-order valence-electron chi connectivity index (χ1n) is 10.5. The molecular formula is C24H29BrN2O3. The van der Waals surface area contributed by atoms with Gasteiger partial charge in [0, 0.05) is 29.5 Å². The van der Waals surface area contributed by atoms with Crippen LogP contribution in [0.25, 0.3) is 0 Å². The molecule has 1 aliphatic heterocycles. The molecule has 2 aromatic rings. The molecular weight excluding hydrogens is 444 g/mol. The van der Waals surface area contributed by atoms with Crippen LogP contribution in [0.4, 0.5) is 0 Å². The molecule has 3 rings (SSSR count). The van der Waals surface area contributed by atoms with E-state index < -0.39 is 0 Å². The van der Waals surface area contributed by atoms with Crippen LogP contribution in [-0.2, 0) is 4.79 Å². The predicted molar refractivity (Wildman–Crippen MR) is 122 cm³/mol. The smallest absolute Gasteiger partial charge is 0.257 e. The van der Waals surface area contributed by atoms with Gasteiger partial charge in [-0.15, -0.1) is 0 Å². The van der Waals surface area contributed by atoms with Crippen molar-refractivity contribution in [2.45, 2.75) is 39.7 Å². The highest BCUT2D eigenvalue weighted by atomic mass is 79.9. The number of likely N-dealkylation sites (tertiary alicyclic amines) is 1. The van der Waals surface area contributed by atoms with Crippen LogP contribution in [0.2, 0.25) is 0 Å². The number of amides is 2. The maximum atomic E-state index is 13.2. The Hall–Kier alpha value is -2.34. The zero-order valence-corrected chi connectivity index (χ0v) is 19.3. The van der Waals surface area contributed by atoms with Crippen molar-refractivity contribution in [1.29, 1.82) is 0 Å². The number of rotatable bonds is 6. The molecule has 160 valence electrons. The molecule has 5 nitrogen and oxygen atoms in total. The van der Waals surface area contributed by atoms with Gasteiger partial charge in [0.2, 0.25) is 5.91 Å². The highest BCUT2D eigenvalue weighted by Gasteiger charge is 2.29. The van der Waals surface area contributed by atoms with Crippen LogP contribution in [0.15, 0.2) is 53.0 Å². The summed E-state index contributed by atoms with van der Waals surface area (Å²) in [7, 11) is 0. The lowest BCUT2D eigenvalue weighted by atomic mass is 9.94. The quantitative estimate of drug-likeness (QED) is 0.623. The minimum absolute atomic E-state index is 0.0385. The van der Waals surface area contributed by atoms with E-state index in [0.29, 0.717) is 48.9 Å². The molecule has 0 aliphatic carbocycles. The van der Waals surface area contributed by atoms with Crippen molar-refractivity contribution in [3.63, 3.8) is 0 Å². The van der Waals surface area contributed by atoms with Gasteiger partial charge in [-0.25, -0.2) is 0 Å². The van der Waals surface area contributed by atoms with Gasteiger partial charge in [-0.3, -0.25) is 9.59 Å². The van der Waals surface area contributed by atoms with Crippen LogP contribution in [-0.4, -0.2) is 35.8 Å². The first kappa shape index (κ1) is 22.3. The van der Waals surface area contributed by atoms with Crippen LogP contribution >= 0.6 is 15.9 Å². The van der Waals surface area contributed by atoms with Gasteiger partial charge in [-0.1, -0.05) is 48.0 Å². The molecule has 0 bridgehead atoms. The van der Waals surface area contributed by atoms with Gasteiger partial charge < -0.3 is 15.0 Å². The minimum Gasteiger partial charge on any atom is -0.456 e. The van der Waals surface area contributed by atoms with E-state index in [1.807, 2.05) is 54.3 Å². The van der Waals surface area contributed by atoms with E-state index in [9.17, 15) is 9.59 Å². The zero-order valence-electron chi connectivity index (χ0n) is 17.7. The first-order valence-corrected chi connectivity index (χ1v) is 11.3. The van der Waals surface area contributed by atoms with E-state index in [1.165, 1.54) is 0 Å². The molecule has 1 atom stereocenters. The summed E-state index contributed by atoms with van der Waals surface area (Å²) in [6.07, 6.45) is 1.36. The number of ether oxygens (including phenoxy) is 1. The van der Waals surface area contributed by atoms with Crippen molar-refractivity contribution in [2.24, 2.45) is 11.8 Å². The number of para-hydroxylation sites is 1. The van der Waals surface area contributed by atoms with Crippen molar-refractivity contribution in [1.82, 2.24) is 10.2 Å². The fourth-order valence-electron chi connectivity index (χ4n) is 3.41. The van der Waals surface area contributed by atoms with Crippen molar-refractivity contribution in [3.8, 4) is 11.5 Å². The maximum absolute atomic E-state index is 13.2. The maximum Gasteiger partial charge on any atom is 0.257 e. The third-order valence-corrected chi connectivity index (χ3v) is 6.16. The molecule has 1 N–H and O–H groups in total. The number of hydrogen-bond donors (Lipinski definition) is 1. The van der Waals surface area contributed by atoms with Crippen LogP contribution in [0, 0.1) is 11.8 Å². The monoisotopic (exact) mass is 472 g/mol. The number of halogens is 1. The summed E-state index contributed by atoms with van der Waals surface area (Å²) in [6, 6.07) is 15.0. The molecule has 1 fully saturated rings. The van der Waals surface area contributed by atoms with Crippen molar-refractivity contribution >= 4 is 27.7 Å². The summed E-state index contributed by atoms with van der Waals surface area (Å²) in [5.41, 5.74) is 0.536. The standard InChI is InChI=1S/C24H29BrN2O3/c1-16(2)17(3)26-23(28)18-11-13-27(14-12-18)24(29)21-9-4-5-10-22(21)30-20-8-6-7-19(25)15-20/h4-10,15-18H,11-14H2,1-3H3,(H,26,28). The number of piperidine rings is 1. The summed E-state index contributed by atoms with van der Waals surface area (Å²) >= 11 is 3.44. The molecule has 1 saturated heterocycles. The summed E-state index contributed by atoms with van der Waals surface area (Å²) in [6.45, 7) is 7.36. The lowest BCUT2D eigenvalue weighted by molar-refractivity contribution is -0.127. The van der Waals surface area contributed by atoms with E-state index in [2.05, 4.69) is 35.1 Å². The molecule has 2 amide bonds. The van der Waals surface area contributed by atoms with Gasteiger partial charge in [0.15, 0.2) is 0 Å². The summed E-state index contributed by atoms with van der Waals surface area (Å²) < 4.78 is 6.90. The Balaban J connectivity index is 1.64. The van der Waals surface area contributed by atoms with Crippen molar-refractivity contribution in [2.75, 3.05) is 13.1 Å². The zero-order chi connectivity index (χ0) is 21.7. The number of carbonyl (C=O) groups is 2. The van der Waals surface area contributed by atoms with Crippen LogP contribution in [0.3, 0.4) is 0 Å². The number of benzene rings is 2. The molecule has 0 radical (unpaired) electrons. The number of nitrogens with one attached hydrogen (secondary N) is 1. The number of carbonyl (C=O) groups excluding carboxylic acids is 2. The van der Waals surface area contributed by atoms with Gasteiger partial charge in [0.25, 0.3) is 5.91 Å². The Bertz CT molecular complexity index is 892. The Kier molecular flexibility index (Phi) is 7.53. The fraction of sp³-hybridized carbons (Fsp3) is 0.417. The largest absolute Gasteiger partial charge is 0.456 e. The lowest BCUT2D eigenvalue weighted by Gasteiger charge is -2.32. The average Bonchev–Trinajstić information content (AvgIpc) is 2.73. The summed E-state index contributed by atoms with van der Waals surface area (Å²) in [5.74, 6) is 1.60. The van der Waals surface area contributed by atoms with Gasteiger partial charge in [-0.05, 0) is 56.0 Å². The first-order chi connectivity index (χ1) is 14.3. The second-order valence-corrected chi connectivity index (χ2v) is 9.08. The normalized spacial score (nSPS) is 15.7. The molecule has 1 heterocycles. The summed E-state index contributed by atoms with van der Waals surface area (Å²) in [4.78, 5) is 27.5. The third kappa shape index (κ3) is 5.63. The van der Waals surface area contributed by atoms with Gasteiger partial charge >= 0.3 is 0 Å². The molecule has 6 heteroatoms. The second-order valence-electron chi connectivity index (χ2n) is 8.16. The van der Waals surface area contributed by atoms with Crippen molar-refractivity contribution in [3.05, 3.63) is 58.6 Å². The topological polar surface area (TPSA) is 58.6 Å². The van der Waals surface area contributed by atoms with Gasteiger partial charge in [0.1, 0.15) is 11.5 Å². The highest BCUT2D eigenvalue weighted by Crippen LogP contribution is 2.29. The average molecular weight is 473 g/mol. The van der Waals surface area contributed by atoms with E-state index in [1.54, 1.807) is 6.07 Å². The molecule has 1 aliphatic rings. The van der Waals surface area contributed by atoms with E-state index in [0.717, 1.165) is 4.47 Å². The van der Waals surface area contributed by atoms with Crippen molar-refractivity contribution < 1.29 is 14.3 Å². The summed E-state index contributed by atoms with van der Waals surface area (Å²) in [5, 5.41) is 3.10.